The van der Waals surface area contributed by atoms with Crippen LogP contribution in [-0.4, -0.2) is 62.7 Å². The van der Waals surface area contributed by atoms with E-state index in [-0.39, 0.29) is 6.61 Å². The summed E-state index contributed by atoms with van der Waals surface area (Å²) in [7, 11) is 1.14. The first-order valence-electron chi connectivity index (χ1n) is 7.11. The van der Waals surface area contributed by atoms with E-state index in [4.69, 9.17) is 23.7 Å². The van der Waals surface area contributed by atoms with Crippen LogP contribution in [0.2, 0.25) is 0 Å². The molecule has 0 spiro atoms. The lowest BCUT2D eigenvalue weighted by Gasteiger charge is -2.44. The number of esters is 3. The summed E-state index contributed by atoms with van der Waals surface area (Å²) >= 11 is 0. The minimum absolute atomic E-state index is 0.388. The van der Waals surface area contributed by atoms with E-state index in [9.17, 15) is 23.2 Å². The maximum absolute atomic E-state index is 13.4. The minimum atomic E-state index is -2.98. The molecule has 0 aromatic rings. The molecule has 8 nitrogen and oxygen atoms in total. The van der Waals surface area contributed by atoms with E-state index in [1.165, 1.54) is 0 Å². The number of rotatable bonds is 6. The van der Waals surface area contributed by atoms with Gasteiger partial charge in [0.1, 0.15) is 18.6 Å². The van der Waals surface area contributed by atoms with Crippen molar-refractivity contribution >= 4 is 17.9 Å². The fourth-order valence-electron chi connectivity index (χ4n) is 2.41. The number of halogens is 2. The summed E-state index contributed by atoms with van der Waals surface area (Å²) in [5.41, 5.74) is 0. The minimum Gasteiger partial charge on any atom is -0.463 e. The van der Waals surface area contributed by atoms with Crippen LogP contribution in [-0.2, 0) is 38.1 Å². The van der Waals surface area contributed by atoms with Gasteiger partial charge in [-0.2, -0.15) is 0 Å². The number of hydrogen-bond acceptors (Lipinski definition) is 8. The molecule has 1 heterocycles. The standard InChI is InChI=1S/C14H20F2O8/c1-6(17)21-5-9-11(22-7(2)18)12(23-8(3)19)10(13(15)16)14(20-4)24-9/h9-14H,5H2,1-4H3/t9?,10?,11-,12?,14-/m1/s1. The molecule has 0 N–H and O–H groups in total. The Bertz CT molecular complexity index is 470. The van der Waals surface area contributed by atoms with Crippen LogP contribution in [0.5, 0.6) is 0 Å². The fourth-order valence-corrected chi connectivity index (χ4v) is 2.41. The Balaban J connectivity index is 3.16. The normalized spacial score (nSPS) is 29.9. The van der Waals surface area contributed by atoms with Gasteiger partial charge in [-0.05, 0) is 0 Å². The highest BCUT2D eigenvalue weighted by molar-refractivity contribution is 5.67. The lowest BCUT2D eigenvalue weighted by molar-refractivity contribution is -0.301. The second-order valence-electron chi connectivity index (χ2n) is 5.14. The molecule has 10 heteroatoms. The van der Waals surface area contributed by atoms with E-state index in [1.54, 1.807) is 0 Å². The van der Waals surface area contributed by atoms with Crippen molar-refractivity contribution in [3.63, 3.8) is 0 Å². The van der Waals surface area contributed by atoms with Crippen LogP contribution in [0.4, 0.5) is 8.78 Å². The molecule has 0 aromatic heterocycles. The molecule has 0 aromatic carbocycles. The summed E-state index contributed by atoms with van der Waals surface area (Å²) in [6, 6.07) is 0. The van der Waals surface area contributed by atoms with Gasteiger partial charge in [0.05, 0.1) is 0 Å². The molecule has 0 aliphatic carbocycles. The molecule has 0 bridgehead atoms. The number of methoxy groups -OCH3 is 1. The molecule has 3 unspecified atom stereocenters. The van der Waals surface area contributed by atoms with Crippen molar-refractivity contribution in [2.24, 2.45) is 5.92 Å². The largest absolute Gasteiger partial charge is 0.463 e. The molecule has 24 heavy (non-hydrogen) atoms. The van der Waals surface area contributed by atoms with Gasteiger partial charge in [0.2, 0.25) is 6.43 Å². The van der Waals surface area contributed by atoms with Crippen molar-refractivity contribution in [1.82, 2.24) is 0 Å². The zero-order valence-corrected chi connectivity index (χ0v) is 13.7. The van der Waals surface area contributed by atoms with Gasteiger partial charge in [-0.25, -0.2) is 8.78 Å². The lowest BCUT2D eigenvalue weighted by atomic mass is 9.90. The average molecular weight is 354 g/mol. The first-order chi connectivity index (χ1) is 11.2. The quantitative estimate of drug-likeness (QED) is 0.507. The zero-order chi connectivity index (χ0) is 18.4. The molecule has 0 amide bonds. The Morgan fingerprint density at radius 3 is 1.96 bits per heavy atom. The molecule has 5 atom stereocenters. The van der Waals surface area contributed by atoms with Gasteiger partial charge in [-0.1, -0.05) is 0 Å². The number of alkyl halides is 2. The highest BCUT2D eigenvalue weighted by atomic mass is 19.3. The molecular formula is C14H20F2O8. The third-order valence-corrected chi connectivity index (χ3v) is 3.27. The highest BCUT2D eigenvalue weighted by Gasteiger charge is 2.54. The summed E-state index contributed by atoms with van der Waals surface area (Å²) in [4.78, 5) is 33.6. The summed E-state index contributed by atoms with van der Waals surface area (Å²) in [5.74, 6) is -3.96. The molecule has 1 aliphatic rings. The van der Waals surface area contributed by atoms with Gasteiger partial charge in [-0.15, -0.1) is 0 Å². The van der Waals surface area contributed by atoms with Crippen LogP contribution >= 0.6 is 0 Å². The Morgan fingerprint density at radius 1 is 1.00 bits per heavy atom. The van der Waals surface area contributed by atoms with Crippen molar-refractivity contribution in [3.05, 3.63) is 0 Å². The van der Waals surface area contributed by atoms with Crippen molar-refractivity contribution < 1.29 is 46.8 Å². The van der Waals surface area contributed by atoms with Crippen LogP contribution in [0.25, 0.3) is 0 Å². The van der Waals surface area contributed by atoms with E-state index in [0.29, 0.717) is 0 Å². The van der Waals surface area contributed by atoms with Gasteiger partial charge in [0.15, 0.2) is 18.5 Å². The van der Waals surface area contributed by atoms with Crippen LogP contribution in [0.1, 0.15) is 20.8 Å². The Labute approximate surface area is 137 Å². The summed E-state index contributed by atoms with van der Waals surface area (Å²) in [6.45, 7) is 2.85. The number of carbonyl (C=O) groups excluding carboxylic acids is 3. The highest BCUT2D eigenvalue weighted by Crippen LogP contribution is 2.35. The third kappa shape index (κ3) is 5.38. The maximum Gasteiger partial charge on any atom is 0.303 e. The monoisotopic (exact) mass is 354 g/mol. The van der Waals surface area contributed by atoms with Gasteiger partial charge >= 0.3 is 17.9 Å². The lowest BCUT2D eigenvalue weighted by Crippen LogP contribution is -2.60. The van der Waals surface area contributed by atoms with E-state index in [1.807, 2.05) is 0 Å². The molecule has 1 aliphatic heterocycles. The summed E-state index contributed by atoms with van der Waals surface area (Å²) in [6.07, 6.45) is -8.46. The Morgan fingerprint density at radius 2 is 1.54 bits per heavy atom. The fraction of sp³-hybridized carbons (Fsp3) is 0.786. The second kappa shape index (κ2) is 8.88. The van der Waals surface area contributed by atoms with Gasteiger partial charge in [0, 0.05) is 27.9 Å². The molecule has 1 rings (SSSR count). The van der Waals surface area contributed by atoms with Crippen LogP contribution in [0, 0.1) is 5.92 Å². The summed E-state index contributed by atoms with van der Waals surface area (Å²) in [5, 5.41) is 0. The molecule has 0 saturated carbocycles. The number of hydrogen-bond donors (Lipinski definition) is 0. The van der Waals surface area contributed by atoms with E-state index in [0.717, 1.165) is 27.9 Å². The zero-order valence-electron chi connectivity index (χ0n) is 13.7. The van der Waals surface area contributed by atoms with E-state index < -0.39 is 54.9 Å². The molecule has 1 saturated heterocycles. The maximum atomic E-state index is 13.4. The van der Waals surface area contributed by atoms with Crippen LogP contribution in [0.15, 0.2) is 0 Å². The topological polar surface area (TPSA) is 97.4 Å². The van der Waals surface area contributed by atoms with Crippen molar-refractivity contribution in [3.8, 4) is 0 Å². The predicted molar refractivity (Wildman–Crippen MR) is 72.9 cm³/mol. The van der Waals surface area contributed by atoms with Crippen molar-refractivity contribution in [1.29, 1.82) is 0 Å². The Kier molecular flexibility index (Phi) is 7.49. The van der Waals surface area contributed by atoms with Crippen molar-refractivity contribution in [2.45, 2.75) is 51.8 Å². The van der Waals surface area contributed by atoms with E-state index in [2.05, 4.69) is 0 Å². The van der Waals surface area contributed by atoms with Gasteiger partial charge in [0.25, 0.3) is 0 Å². The average Bonchev–Trinajstić information content (AvgIpc) is 2.45. The molecule has 138 valence electrons. The molecule has 0 radical (unpaired) electrons. The smallest absolute Gasteiger partial charge is 0.303 e. The molecule has 1 fully saturated rings. The van der Waals surface area contributed by atoms with Crippen LogP contribution < -0.4 is 0 Å². The third-order valence-electron chi connectivity index (χ3n) is 3.27. The first kappa shape index (κ1) is 20.2. The Hall–Kier alpha value is -1.81. The first-order valence-corrected chi connectivity index (χ1v) is 7.11. The molecular weight excluding hydrogens is 334 g/mol. The predicted octanol–water partition coefficient (Wildman–Crippen LogP) is 0.665. The number of carbonyl (C=O) groups is 3. The van der Waals surface area contributed by atoms with Gasteiger partial charge < -0.3 is 23.7 Å². The van der Waals surface area contributed by atoms with Gasteiger partial charge in [-0.3, -0.25) is 14.4 Å². The number of ether oxygens (including phenoxy) is 5. The summed E-state index contributed by atoms with van der Waals surface area (Å²) < 4.78 is 51.8. The second-order valence-corrected chi connectivity index (χ2v) is 5.14. The van der Waals surface area contributed by atoms with Crippen LogP contribution in [0.3, 0.4) is 0 Å². The van der Waals surface area contributed by atoms with E-state index >= 15 is 0 Å². The SMILES string of the molecule is CO[C@@H]1OC(COC(C)=O)[C@@H](OC(C)=O)C(OC(C)=O)C1C(F)F. The van der Waals surface area contributed by atoms with Crippen molar-refractivity contribution in [2.75, 3.05) is 13.7 Å².